The molecular weight excluding hydrogens is 344 g/mol. The Balaban J connectivity index is 2.06. The average molecular weight is 368 g/mol. The van der Waals surface area contributed by atoms with Gasteiger partial charge in [0.15, 0.2) is 6.04 Å². The van der Waals surface area contributed by atoms with Gasteiger partial charge in [0.05, 0.1) is 0 Å². The first-order valence-electron chi connectivity index (χ1n) is 8.64. The van der Waals surface area contributed by atoms with Crippen LogP contribution in [0.3, 0.4) is 0 Å². The van der Waals surface area contributed by atoms with Gasteiger partial charge < -0.3 is 15.7 Å². The van der Waals surface area contributed by atoms with Gasteiger partial charge in [-0.2, -0.15) is 0 Å². The number of hydrogen-bond acceptors (Lipinski definition) is 3. The minimum Gasteiger partial charge on any atom is -0.479 e. The summed E-state index contributed by atoms with van der Waals surface area (Å²) in [5, 5.41) is 14.7. The normalized spacial score (nSPS) is 12.1. The quantitative estimate of drug-likeness (QED) is 0.730. The van der Waals surface area contributed by atoms with E-state index in [2.05, 4.69) is 10.6 Å². The molecule has 2 aromatic rings. The third kappa shape index (κ3) is 5.95. The molecule has 3 N–H and O–H groups in total. The Morgan fingerprint density at radius 1 is 0.889 bits per heavy atom. The van der Waals surface area contributed by atoms with Crippen LogP contribution in [0.1, 0.15) is 53.1 Å². The van der Waals surface area contributed by atoms with Crippen LogP contribution in [-0.2, 0) is 4.79 Å². The summed E-state index contributed by atoms with van der Waals surface area (Å²) in [4.78, 5) is 36.0. The fraction of sp³-hybridized carbons (Fsp3) is 0.286. The van der Waals surface area contributed by atoms with Crippen LogP contribution in [0, 0.1) is 5.41 Å². The lowest BCUT2D eigenvalue weighted by Crippen LogP contribution is -2.34. The van der Waals surface area contributed by atoms with E-state index in [-0.39, 0.29) is 16.9 Å². The van der Waals surface area contributed by atoms with Gasteiger partial charge in [0.1, 0.15) is 0 Å². The summed E-state index contributed by atoms with van der Waals surface area (Å²) in [5.41, 5.74) is 1.17. The molecule has 0 unspecified atom stereocenters. The third-order valence-corrected chi connectivity index (χ3v) is 3.84. The fourth-order valence-electron chi connectivity index (χ4n) is 2.37. The predicted molar refractivity (Wildman–Crippen MR) is 103 cm³/mol. The van der Waals surface area contributed by atoms with Crippen LogP contribution in [0.5, 0.6) is 0 Å². The molecule has 0 radical (unpaired) electrons. The number of carboxylic acid groups (broad SMARTS) is 1. The Morgan fingerprint density at radius 2 is 1.41 bits per heavy atom. The highest BCUT2D eigenvalue weighted by Gasteiger charge is 2.22. The Hall–Kier alpha value is -3.15. The molecule has 0 aliphatic heterocycles. The van der Waals surface area contributed by atoms with Crippen LogP contribution in [-0.4, -0.2) is 29.4 Å². The molecule has 0 aromatic heterocycles. The van der Waals surface area contributed by atoms with Gasteiger partial charge in [-0.15, -0.1) is 0 Å². The summed E-state index contributed by atoms with van der Waals surface area (Å²) >= 11 is 0. The SMILES string of the molecule is CC(C)(C)CNC(=O)c1ccc(C(=O)N[C@@H](C(=O)O)c2ccccc2)cc1. The molecule has 0 aliphatic rings. The maximum atomic E-state index is 12.4. The first-order chi connectivity index (χ1) is 12.7. The van der Waals surface area contributed by atoms with Gasteiger partial charge in [-0.05, 0) is 35.2 Å². The van der Waals surface area contributed by atoms with Crippen LogP contribution >= 0.6 is 0 Å². The van der Waals surface area contributed by atoms with Crippen LogP contribution < -0.4 is 10.6 Å². The van der Waals surface area contributed by atoms with Crippen molar-refractivity contribution < 1.29 is 19.5 Å². The van der Waals surface area contributed by atoms with Crippen molar-refractivity contribution in [3.63, 3.8) is 0 Å². The van der Waals surface area contributed by atoms with E-state index in [1.165, 1.54) is 12.1 Å². The van der Waals surface area contributed by atoms with E-state index in [1.54, 1.807) is 42.5 Å². The highest BCUT2D eigenvalue weighted by molar-refractivity contribution is 5.99. The van der Waals surface area contributed by atoms with E-state index in [1.807, 2.05) is 20.8 Å². The smallest absolute Gasteiger partial charge is 0.330 e. The largest absolute Gasteiger partial charge is 0.479 e. The monoisotopic (exact) mass is 368 g/mol. The van der Waals surface area contributed by atoms with Crippen molar-refractivity contribution in [1.82, 2.24) is 10.6 Å². The average Bonchev–Trinajstić information content (AvgIpc) is 2.64. The lowest BCUT2D eigenvalue weighted by molar-refractivity contribution is -0.139. The summed E-state index contributed by atoms with van der Waals surface area (Å²) in [6, 6.07) is 13.4. The van der Waals surface area contributed by atoms with Gasteiger partial charge in [0.2, 0.25) is 0 Å². The molecule has 0 saturated carbocycles. The minimum absolute atomic E-state index is 0.0290. The number of carbonyl (C=O) groups is 3. The molecule has 2 amide bonds. The van der Waals surface area contributed by atoms with E-state index < -0.39 is 17.9 Å². The molecule has 0 fully saturated rings. The van der Waals surface area contributed by atoms with Crippen LogP contribution in [0.2, 0.25) is 0 Å². The Labute approximate surface area is 158 Å². The second kappa shape index (κ2) is 8.49. The standard InChI is InChI=1S/C21H24N2O4/c1-21(2,3)13-22-18(24)15-9-11-16(12-10-15)19(25)23-17(20(26)27)14-7-5-4-6-8-14/h4-12,17H,13H2,1-3H3,(H,22,24)(H,23,25)(H,26,27)/t17-/m1/s1. The summed E-state index contributed by atoms with van der Waals surface area (Å²) in [6.07, 6.45) is 0. The minimum atomic E-state index is -1.15. The Bertz CT molecular complexity index is 808. The zero-order valence-corrected chi connectivity index (χ0v) is 15.7. The van der Waals surface area contributed by atoms with Gasteiger partial charge in [-0.25, -0.2) is 4.79 Å². The molecule has 0 aliphatic carbocycles. The summed E-state index contributed by atoms with van der Waals surface area (Å²) in [5.74, 6) is -1.88. The zero-order chi connectivity index (χ0) is 20.0. The first-order valence-corrected chi connectivity index (χ1v) is 8.64. The van der Waals surface area contributed by atoms with Gasteiger partial charge in [-0.3, -0.25) is 9.59 Å². The van der Waals surface area contributed by atoms with E-state index in [0.717, 1.165) is 0 Å². The maximum absolute atomic E-state index is 12.4. The van der Waals surface area contributed by atoms with Gasteiger partial charge in [0.25, 0.3) is 11.8 Å². The summed E-state index contributed by atoms with van der Waals surface area (Å²) < 4.78 is 0. The summed E-state index contributed by atoms with van der Waals surface area (Å²) in [6.45, 7) is 6.59. The number of carboxylic acids is 1. The second-order valence-electron chi connectivity index (χ2n) is 7.48. The van der Waals surface area contributed by atoms with Crippen molar-refractivity contribution in [1.29, 1.82) is 0 Å². The number of hydrogen-bond donors (Lipinski definition) is 3. The molecular formula is C21H24N2O4. The number of amides is 2. The number of carbonyl (C=O) groups excluding carboxylic acids is 2. The number of aliphatic carboxylic acids is 1. The van der Waals surface area contributed by atoms with E-state index in [0.29, 0.717) is 17.7 Å². The molecule has 0 saturated heterocycles. The number of rotatable bonds is 6. The molecule has 1 atom stereocenters. The third-order valence-electron chi connectivity index (χ3n) is 3.84. The van der Waals surface area contributed by atoms with E-state index in [9.17, 15) is 19.5 Å². The molecule has 27 heavy (non-hydrogen) atoms. The molecule has 0 spiro atoms. The molecule has 2 aromatic carbocycles. The van der Waals surface area contributed by atoms with Crippen molar-refractivity contribution in [2.75, 3.05) is 6.54 Å². The van der Waals surface area contributed by atoms with Gasteiger partial charge in [-0.1, -0.05) is 51.1 Å². The molecule has 0 heterocycles. The fourth-order valence-corrected chi connectivity index (χ4v) is 2.37. The molecule has 0 bridgehead atoms. The zero-order valence-electron chi connectivity index (χ0n) is 15.7. The van der Waals surface area contributed by atoms with Crippen molar-refractivity contribution in [3.05, 3.63) is 71.3 Å². The summed E-state index contributed by atoms with van der Waals surface area (Å²) in [7, 11) is 0. The topological polar surface area (TPSA) is 95.5 Å². The van der Waals surface area contributed by atoms with Crippen LogP contribution in [0.25, 0.3) is 0 Å². The van der Waals surface area contributed by atoms with Crippen molar-refractivity contribution in [2.24, 2.45) is 5.41 Å². The Morgan fingerprint density at radius 3 is 1.89 bits per heavy atom. The molecule has 6 nitrogen and oxygen atoms in total. The highest BCUT2D eigenvalue weighted by Crippen LogP contribution is 2.15. The van der Waals surface area contributed by atoms with E-state index in [4.69, 9.17) is 0 Å². The van der Waals surface area contributed by atoms with Crippen molar-refractivity contribution >= 4 is 17.8 Å². The van der Waals surface area contributed by atoms with Crippen molar-refractivity contribution in [3.8, 4) is 0 Å². The number of nitrogens with one attached hydrogen (secondary N) is 2. The lowest BCUT2D eigenvalue weighted by atomic mass is 9.97. The first kappa shape index (κ1) is 20.2. The number of benzene rings is 2. The predicted octanol–water partition coefficient (Wildman–Crippen LogP) is 3.02. The second-order valence-corrected chi connectivity index (χ2v) is 7.48. The van der Waals surface area contributed by atoms with E-state index >= 15 is 0 Å². The maximum Gasteiger partial charge on any atom is 0.330 e. The molecule has 142 valence electrons. The molecule has 6 heteroatoms. The molecule has 2 rings (SSSR count). The van der Waals surface area contributed by atoms with Crippen LogP contribution in [0.15, 0.2) is 54.6 Å². The highest BCUT2D eigenvalue weighted by atomic mass is 16.4. The lowest BCUT2D eigenvalue weighted by Gasteiger charge is -2.18. The Kier molecular flexibility index (Phi) is 6.34. The van der Waals surface area contributed by atoms with Crippen molar-refractivity contribution in [2.45, 2.75) is 26.8 Å². The van der Waals surface area contributed by atoms with Gasteiger partial charge >= 0.3 is 5.97 Å². The van der Waals surface area contributed by atoms with Gasteiger partial charge in [0, 0.05) is 17.7 Å². The van der Waals surface area contributed by atoms with Crippen LogP contribution in [0.4, 0.5) is 0 Å².